The fourth-order valence-corrected chi connectivity index (χ4v) is 3.29. The Labute approximate surface area is 121 Å². The molecular weight excluding hydrogens is 253 g/mol. The lowest BCUT2D eigenvalue weighted by Crippen LogP contribution is -2.33. The summed E-state index contributed by atoms with van der Waals surface area (Å²) in [6.45, 7) is 5.62. The van der Waals surface area contributed by atoms with Crippen LogP contribution in [0.15, 0.2) is 18.2 Å². The van der Waals surface area contributed by atoms with Crippen LogP contribution in [0, 0.1) is 17.7 Å². The van der Waals surface area contributed by atoms with Crippen LogP contribution in [0.4, 0.5) is 4.39 Å². The highest BCUT2D eigenvalue weighted by molar-refractivity contribution is 5.29. The van der Waals surface area contributed by atoms with Gasteiger partial charge in [-0.3, -0.25) is 0 Å². The molecule has 1 aromatic rings. The van der Waals surface area contributed by atoms with Crippen LogP contribution >= 0.6 is 0 Å². The molecule has 3 unspecified atom stereocenters. The van der Waals surface area contributed by atoms with Crippen LogP contribution in [0.2, 0.25) is 0 Å². The third kappa shape index (κ3) is 3.51. The van der Waals surface area contributed by atoms with E-state index in [1.807, 2.05) is 6.07 Å². The molecule has 3 atom stereocenters. The molecule has 1 aliphatic carbocycles. The second kappa shape index (κ2) is 7.07. The van der Waals surface area contributed by atoms with Crippen molar-refractivity contribution in [3.63, 3.8) is 0 Å². The van der Waals surface area contributed by atoms with Gasteiger partial charge in [0, 0.05) is 6.04 Å². The molecule has 2 rings (SSSR count). The summed E-state index contributed by atoms with van der Waals surface area (Å²) in [5.41, 5.74) is 1.08. The Kier molecular flexibility index (Phi) is 5.41. The second-order valence-electron chi connectivity index (χ2n) is 5.93. The monoisotopic (exact) mass is 279 g/mol. The summed E-state index contributed by atoms with van der Waals surface area (Å²) in [5, 5.41) is 3.63. The molecule has 0 saturated heterocycles. The van der Waals surface area contributed by atoms with E-state index >= 15 is 0 Å². The topological polar surface area (TPSA) is 21.3 Å². The Morgan fingerprint density at radius 2 is 2.15 bits per heavy atom. The summed E-state index contributed by atoms with van der Waals surface area (Å²) < 4.78 is 18.7. The van der Waals surface area contributed by atoms with Crippen molar-refractivity contribution in [1.82, 2.24) is 5.32 Å². The van der Waals surface area contributed by atoms with Gasteiger partial charge in [0.25, 0.3) is 0 Å². The molecular formula is C17H26FNO. The van der Waals surface area contributed by atoms with Crippen LogP contribution in [0.1, 0.15) is 38.7 Å². The summed E-state index contributed by atoms with van der Waals surface area (Å²) in [6.07, 6.45) is 4.62. The van der Waals surface area contributed by atoms with Gasteiger partial charge in [0.2, 0.25) is 0 Å². The van der Waals surface area contributed by atoms with Crippen LogP contribution in [0.3, 0.4) is 0 Å². The molecule has 0 radical (unpaired) electrons. The number of rotatable bonds is 6. The van der Waals surface area contributed by atoms with E-state index in [2.05, 4.69) is 19.2 Å². The van der Waals surface area contributed by atoms with Crippen molar-refractivity contribution >= 4 is 0 Å². The quantitative estimate of drug-likeness (QED) is 0.855. The normalized spacial score (nSPS) is 25.9. The number of methoxy groups -OCH3 is 1. The van der Waals surface area contributed by atoms with Gasteiger partial charge in [-0.2, -0.15) is 0 Å². The highest BCUT2D eigenvalue weighted by atomic mass is 19.1. The lowest BCUT2D eigenvalue weighted by atomic mass is 9.89. The van der Waals surface area contributed by atoms with E-state index in [1.54, 1.807) is 12.1 Å². The average Bonchev–Trinajstić information content (AvgIpc) is 2.78. The minimum absolute atomic E-state index is 0.253. The molecule has 20 heavy (non-hydrogen) atoms. The molecule has 0 aromatic heterocycles. The lowest BCUT2D eigenvalue weighted by molar-refractivity contribution is 0.350. The van der Waals surface area contributed by atoms with Gasteiger partial charge in [0.05, 0.1) is 7.11 Å². The Balaban J connectivity index is 1.95. The zero-order chi connectivity index (χ0) is 14.5. The van der Waals surface area contributed by atoms with Crippen molar-refractivity contribution in [2.75, 3.05) is 13.7 Å². The van der Waals surface area contributed by atoms with E-state index in [1.165, 1.54) is 26.4 Å². The first-order valence-corrected chi connectivity index (χ1v) is 7.71. The van der Waals surface area contributed by atoms with Gasteiger partial charge in [0.1, 0.15) is 0 Å². The standard InChI is InChI=1S/C17H26FNO/c1-4-9-19-16-7-6-14(12(16)2)10-13-5-8-17(20-3)15(18)11-13/h5,8,11-12,14,16,19H,4,6-7,9-10H2,1-3H3. The van der Waals surface area contributed by atoms with Gasteiger partial charge in [0.15, 0.2) is 11.6 Å². The molecule has 0 aliphatic heterocycles. The van der Waals surface area contributed by atoms with E-state index in [0.717, 1.165) is 18.5 Å². The zero-order valence-corrected chi connectivity index (χ0v) is 12.8. The molecule has 112 valence electrons. The van der Waals surface area contributed by atoms with E-state index in [0.29, 0.717) is 23.6 Å². The number of benzene rings is 1. The summed E-state index contributed by atoms with van der Waals surface area (Å²) in [7, 11) is 1.50. The van der Waals surface area contributed by atoms with E-state index in [4.69, 9.17) is 4.74 Å². The molecule has 1 N–H and O–H groups in total. The van der Waals surface area contributed by atoms with Gasteiger partial charge in [-0.1, -0.05) is 19.9 Å². The molecule has 1 saturated carbocycles. The number of halogens is 1. The van der Waals surface area contributed by atoms with Crippen LogP contribution in [0.25, 0.3) is 0 Å². The molecule has 2 nitrogen and oxygen atoms in total. The van der Waals surface area contributed by atoms with Crippen LogP contribution in [-0.2, 0) is 6.42 Å². The maximum Gasteiger partial charge on any atom is 0.165 e. The summed E-state index contributed by atoms with van der Waals surface area (Å²) in [6, 6.07) is 5.97. The second-order valence-corrected chi connectivity index (χ2v) is 5.93. The van der Waals surface area contributed by atoms with Crippen molar-refractivity contribution in [2.45, 2.75) is 45.6 Å². The zero-order valence-electron chi connectivity index (χ0n) is 12.8. The van der Waals surface area contributed by atoms with Gasteiger partial charge in [-0.15, -0.1) is 0 Å². The maximum absolute atomic E-state index is 13.7. The molecule has 1 aliphatic rings. The number of hydrogen-bond acceptors (Lipinski definition) is 2. The smallest absolute Gasteiger partial charge is 0.165 e. The third-order valence-electron chi connectivity index (χ3n) is 4.60. The molecule has 1 fully saturated rings. The fraction of sp³-hybridized carbons (Fsp3) is 0.647. The van der Waals surface area contributed by atoms with Gasteiger partial charge < -0.3 is 10.1 Å². The molecule has 3 heteroatoms. The van der Waals surface area contributed by atoms with Crippen molar-refractivity contribution in [1.29, 1.82) is 0 Å². The predicted molar refractivity (Wildman–Crippen MR) is 80.6 cm³/mol. The molecule has 0 amide bonds. The van der Waals surface area contributed by atoms with E-state index in [-0.39, 0.29) is 5.82 Å². The van der Waals surface area contributed by atoms with Crippen molar-refractivity contribution in [3.8, 4) is 5.75 Å². The summed E-state index contributed by atoms with van der Waals surface area (Å²) in [5.74, 6) is 1.39. The first kappa shape index (κ1) is 15.3. The Hall–Kier alpha value is -1.09. The SMILES string of the molecule is CCCNC1CCC(Cc2ccc(OC)c(F)c2)C1C. The van der Waals surface area contributed by atoms with Crippen molar-refractivity contribution in [3.05, 3.63) is 29.6 Å². The van der Waals surface area contributed by atoms with Gasteiger partial charge in [-0.05, 0) is 61.8 Å². The summed E-state index contributed by atoms with van der Waals surface area (Å²) >= 11 is 0. The van der Waals surface area contributed by atoms with Gasteiger partial charge >= 0.3 is 0 Å². The molecule has 0 heterocycles. The Morgan fingerprint density at radius 1 is 1.35 bits per heavy atom. The third-order valence-corrected chi connectivity index (χ3v) is 4.60. The van der Waals surface area contributed by atoms with E-state index in [9.17, 15) is 4.39 Å². The summed E-state index contributed by atoms with van der Waals surface area (Å²) in [4.78, 5) is 0. The number of nitrogens with one attached hydrogen (secondary N) is 1. The Morgan fingerprint density at radius 3 is 2.80 bits per heavy atom. The largest absolute Gasteiger partial charge is 0.494 e. The lowest BCUT2D eigenvalue weighted by Gasteiger charge is -2.22. The van der Waals surface area contributed by atoms with Gasteiger partial charge in [-0.25, -0.2) is 4.39 Å². The Bertz CT molecular complexity index is 435. The van der Waals surface area contributed by atoms with Crippen LogP contribution in [0.5, 0.6) is 5.75 Å². The van der Waals surface area contributed by atoms with Crippen LogP contribution in [-0.4, -0.2) is 19.7 Å². The number of hydrogen-bond donors (Lipinski definition) is 1. The molecule has 0 bridgehead atoms. The predicted octanol–water partition coefficient (Wildman–Crippen LogP) is 3.79. The number of ether oxygens (including phenoxy) is 1. The molecule has 0 spiro atoms. The van der Waals surface area contributed by atoms with Crippen LogP contribution < -0.4 is 10.1 Å². The first-order chi connectivity index (χ1) is 9.65. The van der Waals surface area contributed by atoms with Crippen molar-refractivity contribution < 1.29 is 9.13 Å². The highest BCUT2D eigenvalue weighted by Crippen LogP contribution is 2.34. The average molecular weight is 279 g/mol. The highest BCUT2D eigenvalue weighted by Gasteiger charge is 2.32. The molecule has 1 aromatic carbocycles. The maximum atomic E-state index is 13.7. The fourth-order valence-electron chi connectivity index (χ4n) is 3.29. The first-order valence-electron chi connectivity index (χ1n) is 7.71. The minimum atomic E-state index is -0.253. The minimum Gasteiger partial charge on any atom is -0.494 e. The van der Waals surface area contributed by atoms with Crippen molar-refractivity contribution in [2.24, 2.45) is 11.8 Å². The van der Waals surface area contributed by atoms with E-state index < -0.39 is 0 Å².